The molecule has 0 aromatic carbocycles. The zero-order valence-electron chi connectivity index (χ0n) is 20.8. The van der Waals surface area contributed by atoms with Crippen LogP contribution in [0.4, 0.5) is 23.7 Å². The van der Waals surface area contributed by atoms with E-state index in [-0.39, 0.29) is 30.7 Å². The summed E-state index contributed by atoms with van der Waals surface area (Å²) in [5.41, 5.74) is 8.47. The van der Waals surface area contributed by atoms with E-state index in [1.165, 1.54) is 11.1 Å². The lowest BCUT2D eigenvalue weighted by atomic mass is 9.99. The average Bonchev–Trinajstić information content (AvgIpc) is 3.26. The molecule has 3 aliphatic heterocycles. The molecule has 1 aliphatic carbocycles. The van der Waals surface area contributed by atoms with E-state index in [9.17, 15) is 22.8 Å². The van der Waals surface area contributed by atoms with Gasteiger partial charge in [0.25, 0.3) is 0 Å². The predicted octanol–water partition coefficient (Wildman–Crippen LogP) is 3.32. The molecule has 200 valence electrons. The summed E-state index contributed by atoms with van der Waals surface area (Å²) in [4.78, 5) is 39.4. The van der Waals surface area contributed by atoms with Gasteiger partial charge in [0.1, 0.15) is 5.76 Å². The molecule has 9 nitrogen and oxygen atoms in total. The van der Waals surface area contributed by atoms with E-state index in [1.807, 2.05) is 7.05 Å². The Kier molecular flexibility index (Phi) is 7.03. The van der Waals surface area contributed by atoms with E-state index in [4.69, 9.17) is 4.74 Å². The first-order chi connectivity index (χ1) is 18.2. The number of likely N-dealkylation sites (N-methyl/N-ethyl adjacent to an activating group) is 1. The van der Waals surface area contributed by atoms with Gasteiger partial charge in [0.2, 0.25) is 0 Å². The van der Waals surface area contributed by atoms with Crippen LogP contribution in [0.25, 0.3) is 5.57 Å². The molecule has 1 saturated heterocycles. The smallest absolute Gasteiger partial charge is 0.422 e. The first-order valence-corrected chi connectivity index (χ1v) is 12.3. The molecular formula is C26H27F3N6O3. The zero-order chi connectivity index (χ0) is 26.9. The van der Waals surface area contributed by atoms with E-state index >= 15 is 0 Å². The molecule has 0 unspecified atom stereocenters. The van der Waals surface area contributed by atoms with Crippen molar-refractivity contribution in [1.82, 2.24) is 19.7 Å². The number of hydrogen-bond acceptors (Lipinski definition) is 6. The largest absolute Gasteiger partial charge is 0.482 e. The Morgan fingerprint density at radius 3 is 2.71 bits per heavy atom. The van der Waals surface area contributed by atoms with Crippen molar-refractivity contribution in [2.75, 3.05) is 58.2 Å². The summed E-state index contributed by atoms with van der Waals surface area (Å²) in [6.07, 6.45) is 2.24. The number of anilines is 1. The maximum Gasteiger partial charge on any atom is 0.422 e. The van der Waals surface area contributed by atoms with Crippen molar-refractivity contribution >= 4 is 29.3 Å². The van der Waals surface area contributed by atoms with Gasteiger partial charge in [-0.15, -0.1) is 0 Å². The third kappa shape index (κ3) is 5.47. The predicted molar refractivity (Wildman–Crippen MR) is 135 cm³/mol. The summed E-state index contributed by atoms with van der Waals surface area (Å²) in [5, 5.41) is 3.20. The number of aromatic amines is 1. The van der Waals surface area contributed by atoms with Crippen LogP contribution in [0, 0.1) is 0 Å². The summed E-state index contributed by atoms with van der Waals surface area (Å²) in [6, 6.07) is -0.216. The zero-order valence-corrected chi connectivity index (χ0v) is 20.8. The highest BCUT2D eigenvalue weighted by atomic mass is 19.4. The highest BCUT2D eigenvalue weighted by Crippen LogP contribution is 2.38. The molecule has 4 heterocycles. The van der Waals surface area contributed by atoms with Gasteiger partial charge in [0.15, 0.2) is 12.4 Å². The number of nitrogens with zero attached hydrogens (tertiary/aromatic N) is 4. The van der Waals surface area contributed by atoms with Crippen molar-refractivity contribution in [1.29, 1.82) is 0 Å². The van der Waals surface area contributed by atoms with Crippen LogP contribution in [-0.4, -0.2) is 96.8 Å². The van der Waals surface area contributed by atoms with Crippen molar-refractivity contribution in [3.63, 3.8) is 0 Å². The number of fused-ring (bicyclic) bond motifs is 1. The number of H-pyrrole nitrogens is 1. The number of aromatic nitrogens is 1. The number of ether oxygens (including phenoxy) is 1. The van der Waals surface area contributed by atoms with Crippen LogP contribution in [0.3, 0.4) is 0 Å². The van der Waals surface area contributed by atoms with Gasteiger partial charge in [0.05, 0.1) is 41.9 Å². The molecule has 0 atom stereocenters. The second-order valence-corrected chi connectivity index (χ2v) is 9.45. The number of aliphatic imine (C=N–C) groups is 1. The summed E-state index contributed by atoms with van der Waals surface area (Å²) in [6.45, 7) is 1.59. The molecule has 2 N–H and O–H groups in total. The van der Waals surface area contributed by atoms with Gasteiger partial charge in [-0.05, 0) is 31.4 Å². The minimum absolute atomic E-state index is 0.0170. The normalized spacial score (nSPS) is 19.7. The summed E-state index contributed by atoms with van der Waals surface area (Å²) in [7, 11) is 1.99. The van der Waals surface area contributed by atoms with Gasteiger partial charge in [-0.2, -0.15) is 13.2 Å². The van der Waals surface area contributed by atoms with Crippen molar-refractivity contribution < 1.29 is 27.5 Å². The minimum Gasteiger partial charge on any atom is -0.482 e. The van der Waals surface area contributed by atoms with E-state index in [2.05, 4.69) is 31.7 Å². The molecule has 5 rings (SSSR count). The van der Waals surface area contributed by atoms with Crippen molar-refractivity contribution in [2.45, 2.75) is 19.1 Å². The topological polar surface area (TPSA) is 93.3 Å². The van der Waals surface area contributed by atoms with E-state index < -0.39 is 12.8 Å². The minimum atomic E-state index is -4.52. The summed E-state index contributed by atoms with van der Waals surface area (Å²) in [5.74, 6) is -0.293. The second-order valence-electron chi connectivity index (χ2n) is 9.45. The Hall–Kier alpha value is -3.98. The van der Waals surface area contributed by atoms with Crippen LogP contribution in [0.15, 0.2) is 46.1 Å². The monoisotopic (exact) mass is 528 g/mol. The molecule has 0 saturated carbocycles. The number of piperazine rings is 1. The molecule has 4 aliphatic rings. The van der Waals surface area contributed by atoms with Gasteiger partial charge in [-0.1, -0.05) is 11.8 Å². The number of dihydropyridines is 1. The Bertz CT molecular complexity index is 1330. The molecule has 1 aromatic rings. The van der Waals surface area contributed by atoms with E-state index in [1.54, 1.807) is 23.1 Å². The number of allylic oxidation sites excluding steroid dienone is 4. The summed E-state index contributed by atoms with van der Waals surface area (Å²) >= 11 is 0. The number of ketones is 1. The second kappa shape index (κ2) is 10.4. The van der Waals surface area contributed by atoms with Crippen LogP contribution >= 0.6 is 0 Å². The number of rotatable bonds is 5. The average molecular weight is 529 g/mol. The van der Waals surface area contributed by atoms with Crippen molar-refractivity contribution in [3.8, 4) is 0 Å². The molecule has 1 fully saturated rings. The van der Waals surface area contributed by atoms with Crippen LogP contribution < -0.4 is 5.32 Å². The lowest BCUT2D eigenvalue weighted by Crippen LogP contribution is -2.53. The highest BCUT2D eigenvalue weighted by molar-refractivity contribution is 6.09. The number of alkyl halides is 3. The SMILES string of the molecule is CN1CCN(C(=O)N2CC(=O)c3c([nH]c(C4=C(OCC(F)(F)F)C=NCC4)c3NC3=C=C=CC=C3)C2)CC1. The molecular weight excluding hydrogens is 501 g/mol. The van der Waals surface area contributed by atoms with Crippen LogP contribution in [0.5, 0.6) is 0 Å². The van der Waals surface area contributed by atoms with Gasteiger partial charge < -0.3 is 29.7 Å². The fourth-order valence-electron chi connectivity index (χ4n) is 4.78. The number of nitrogens with one attached hydrogen (secondary N) is 2. The number of hydrogen-bond donors (Lipinski definition) is 2. The van der Waals surface area contributed by atoms with Gasteiger partial charge in [-0.3, -0.25) is 9.79 Å². The lowest BCUT2D eigenvalue weighted by Gasteiger charge is -2.37. The van der Waals surface area contributed by atoms with Gasteiger partial charge in [-0.25, -0.2) is 4.79 Å². The quantitative estimate of drug-likeness (QED) is 0.572. The third-order valence-corrected chi connectivity index (χ3v) is 6.68. The van der Waals surface area contributed by atoms with E-state index in [0.29, 0.717) is 60.0 Å². The summed E-state index contributed by atoms with van der Waals surface area (Å²) < 4.78 is 43.9. The number of amides is 2. The number of urea groups is 1. The molecule has 0 radical (unpaired) electrons. The van der Waals surface area contributed by atoms with Crippen molar-refractivity contribution in [2.24, 2.45) is 4.99 Å². The number of halogens is 3. The fourth-order valence-corrected chi connectivity index (χ4v) is 4.78. The van der Waals surface area contributed by atoms with E-state index in [0.717, 1.165) is 13.1 Å². The maximum atomic E-state index is 13.5. The molecule has 0 bridgehead atoms. The van der Waals surface area contributed by atoms with Crippen LogP contribution in [0.1, 0.15) is 28.2 Å². The molecule has 0 spiro atoms. The first kappa shape index (κ1) is 25.7. The Balaban J connectivity index is 1.52. The van der Waals surface area contributed by atoms with Crippen LogP contribution in [-0.2, 0) is 11.3 Å². The van der Waals surface area contributed by atoms with Crippen molar-refractivity contribution in [3.05, 3.63) is 58.1 Å². The lowest BCUT2D eigenvalue weighted by molar-refractivity contribution is -0.163. The van der Waals surface area contributed by atoms with Crippen LogP contribution in [0.2, 0.25) is 0 Å². The molecule has 1 aromatic heterocycles. The Labute approximate surface area is 217 Å². The number of Topliss-reactive ketones (excluding diaryl/α,β-unsaturated/α-hetero) is 1. The first-order valence-electron chi connectivity index (χ1n) is 12.3. The standard InChI is InChI=1S/C26H27F3N6O3/c1-33-9-11-34(12-10-33)25(37)35-14-19-22(20(36)15-35)24(31-17-5-3-2-4-6-17)23(32-19)18-7-8-30-13-21(18)38-16-26(27,28)29/h2-3,5,13,31-32H,7-12,14-16H2,1H3. The van der Waals surface area contributed by atoms with Gasteiger partial charge in [0, 0.05) is 44.0 Å². The number of carbonyl (C=O) groups is 2. The molecule has 38 heavy (non-hydrogen) atoms. The Morgan fingerprint density at radius 1 is 1.21 bits per heavy atom. The number of carbonyl (C=O) groups excluding carboxylic acids is 2. The fraction of sp³-hybridized carbons (Fsp3) is 0.423. The highest BCUT2D eigenvalue weighted by Gasteiger charge is 2.36. The Morgan fingerprint density at radius 2 is 2.00 bits per heavy atom. The maximum absolute atomic E-state index is 13.5. The molecule has 2 amide bonds. The molecule has 12 heteroatoms. The third-order valence-electron chi connectivity index (χ3n) is 6.68. The van der Waals surface area contributed by atoms with Gasteiger partial charge >= 0.3 is 12.2 Å².